The lowest BCUT2D eigenvalue weighted by molar-refractivity contribution is -0.153. The fourth-order valence-corrected chi connectivity index (χ4v) is 2.14. The number of rotatable bonds is 10. The van der Waals surface area contributed by atoms with Gasteiger partial charge in [-0.1, -0.05) is 52.5 Å². The number of ether oxygens (including phenoxy) is 1. The molecule has 17 heavy (non-hydrogen) atoms. The molecule has 0 bridgehead atoms. The van der Waals surface area contributed by atoms with Crippen LogP contribution in [-0.2, 0) is 9.53 Å². The van der Waals surface area contributed by atoms with E-state index in [-0.39, 0.29) is 11.6 Å². The highest BCUT2D eigenvalue weighted by Gasteiger charge is 2.26. The normalized spacial score (nSPS) is 14.1. The smallest absolute Gasteiger partial charge is 0.330 e. The molecular weight excluding hydrogens is 212 g/mol. The van der Waals surface area contributed by atoms with Crippen molar-refractivity contribution >= 4 is 5.97 Å². The zero-order valence-corrected chi connectivity index (χ0v) is 11.8. The molecule has 0 aliphatic carbocycles. The Kier molecular flexibility index (Phi) is 8.83. The summed E-state index contributed by atoms with van der Waals surface area (Å²) in [5.41, 5.74) is -0.299. The molecule has 100 valence electrons. The number of hydrogen-bond donors (Lipinski definition) is 0. The van der Waals surface area contributed by atoms with Gasteiger partial charge in [-0.15, -0.1) is 0 Å². The van der Waals surface area contributed by atoms with Gasteiger partial charge < -0.3 is 4.74 Å². The van der Waals surface area contributed by atoms with Gasteiger partial charge in [0, 0.05) is 6.08 Å². The molecule has 0 N–H and O–H groups in total. The van der Waals surface area contributed by atoms with Crippen LogP contribution in [0, 0.1) is 0 Å². The zero-order valence-electron chi connectivity index (χ0n) is 11.8. The van der Waals surface area contributed by atoms with Crippen LogP contribution in [0.5, 0.6) is 0 Å². The van der Waals surface area contributed by atoms with Crippen molar-refractivity contribution in [2.75, 3.05) is 0 Å². The molecule has 1 atom stereocenters. The number of unbranched alkanes of at least 4 members (excludes halogenated alkanes) is 4. The molecule has 2 nitrogen and oxygen atoms in total. The summed E-state index contributed by atoms with van der Waals surface area (Å²) in [6, 6.07) is 0. The highest BCUT2D eigenvalue weighted by atomic mass is 16.6. The second-order valence-corrected chi connectivity index (χ2v) is 4.99. The van der Waals surface area contributed by atoms with Crippen molar-refractivity contribution in [3.8, 4) is 0 Å². The summed E-state index contributed by atoms with van der Waals surface area (Å²) in [4.78, 5) is 11.3. The molecule has 0 saturated heterocycles. The van der Waals surface area contributed by atoms with E-state index in [2.05, 4.69) is 20.4 Å². The van der Waals surface area contributed by atoms with Crippen LogP contribution in [0.25, 0.3) is 0 Å². The lowest BCUT2D eigenvalue weighted by Gasteiger charge is -2.29. The van der Waals surface area contributed by atoms with E-state index in [1.807, 2.05) is 6.92 Å². The molecule has 0 radical (unpaired) electrons. The van der Waals surface area contributed by atoms with Crippen LogP contribution in [-0.4, -0.2) is 11.6 Å². The molecule has 0 saturated carbocycles. The number of esters is 1. The third kappa shape index (κ3) is 8.00. The summed E-state index contributed by atoms with van der Waals surface area (Å²) >= 11 is 0. The minimum atomic E-state index is -0.299. The molecule has 2 heteroatoms. The van der Waals surface area contributed by atoms with Crippen molar-refractivity contribution < 1.29 is 9.53 Å². The first-order chi connectivity index (χ1) is 8.08. The highest BCUT2D eigenvalue weighted by Crippen LogP contribution is 2.25. The van der Waals surface area contributed by atoms with E-state index in [0.29, 0.717) is 0 Å². The Hall–Kier alpha value is -0.790. The molecule has 0 aromatic rings. The molecule has 0 aliphatic heterocycles. The van der Waals surface area contributed by atoms with Crippen LogP contribution in [0.3, 0.4) is 0 Å². The average molecular weight is 240 g/mol. The second-order valence-electron chi connectivity index (χ2n) is 4.99. The molecule has 0 spiro atoms. The Morgan fingerprint density at radius 3 is 2.29 bits per heavy atom. The predicted molar refractivity (Wildman–Crippen MR) is 73.0 cm³/mol. The maximum atomic E-state index is 11.3. The van der Waals surface area contributed by atoms with E-state index in [4.69, 9.17) is 4.74 Å². The third-order valence-corrected chi connectivity index (χ3v) is 3.10. The van der Waals surface area contributed by atoms with Crippen molar-refractivity contribution in [2.45, 2.75) is 77.7 Å². The Morgan fingerprint density at radius 2 is 1.76 bits per heavy atom. The van der Waals surface area contributed by atoms with Crippen molar-refractivity contribution in [3.05, 3.63) is 12.7 Å². The number of carbonyl (C=O) groups excluding carboxylic acids is 1. The second kappa shape index (κ2) is 9.26. The quantitative estimate of drug-likeness (QED) is 0.316. The van der Waals surface area contributed by atoms with Gasteiger partial charge in [0.25, 0.3) is 0 Å². The van der Waals surface area contributed by atoms with Gasteiger partial charge in [0.15, 0.2) is 0 Å². The van der Waals surface area contributed by atoms with Gasteiger partial charge in [-0.25, -0.2) is 4.79 Å². The standard InChI is InChI=1S/C15H28O2/c1-5-8-9-10-11-13-15(4,12-6-2)17-14(16)7-3/h7H,3,5-6,8-13H2,1-2,4H3. The fourth-order valence-electron chi connectivity index (χ4n) is 2.14. The maximum absolute atomic E-state index is 11.3. The molecule has 0 aromatic carbocycles. The monoisotopic (exact) mass is 240 g/mol. The first kappa shape index (κ1) is 16.2. The number of hydrogen-bond acceptors (Lipinski definition) is 2. The van der Waals surface area contributed by atoms with Gasteiger partial charge >= 0.3 is 5.97 Å². The minimum absolute atomic E-state index is 0.297. The SMILES string of the molecule is C=CC(=O)OC(C)(CCC)CCCCCCC. The Bertz CT molecular complexity index is 223. The van der Waals surface area contributed by atoms with E-state index in [1.165, 1.54) is 31.8 Å². The van der Waals surface area contributed by atoms with Crippen LogP contribution in [0.2, 0.25) is 0 Å². The van der Waals surface area contributed by atoms with E-state index >= 15 is 0 Å². The molecule has 0 amide bonds. The topological polar surface area (TPSA) is 26.3 Å². The van der Waals surface area contributed by atoms with E-state index < -0.39 is 0 Å². The van der Waals surface area contributed by atoms with Crippen LogP contribution in [0.4, 0.5) is 0 Å². The summed E-state index contributed by atoms with van der Waals surface area (Å²) in [7, 11) is 0. The Labute approximate surface area is 106 Å². The van der Waals surface area contributed by atoms with E-state index in [1.54, 1.807) is 0 Å². The van der Waals surface area contributed by atoms with E-state index in [9.17, 15) is 4.79 Å². The molecule has 0 aliphatic rings. The van der Waals surface area contributed by atoms with Gasteiger partial charge in [0.05, 0.1) is 0 Å². The van der Waals surface area contributed by atoms with Gasteiger partial charge in [0.2, 0.25) is 0 Å². The molecule has 0 heterocycles. The summed E-state index contributed by atoms with van der Waals surface area (Å²) in [5.74, 6) is -0.297. The predicted octanol–water partition coefficient (Wildman–Crippen LogP) is 4.63. The zero-order chi connectivity index (χ0) is 13.1. The summed E-state index contributed by atoms with van der Waals surface area (Å²) in [6.07, 6.45) is 10.4. The maximum Gasteiger partial charge on any atom is 0.330 e. The van der Waals surface area contributed by atoms with Gasteiger partial charge in [-0.05, 0) is 26.2 Å². The van der Waals surface area contributed by atoms with Crippen molar-refractivity contribution in [2.24, 2.45) is 0 Å². The summed E-state index contributed by atoms with van der Waals surface area (Å²) < 4.78 is 5.48. The average Bonchev–Trinajstić information content (AvgIpc) is 2.29. The first-order valence-electron chi connectivity index (χ1n) is 6.93. The minimum Gasteiger partial charge on any atom is -0.456 e. The van der Waals surface area contributed by atoms with Gasteiger partial charge in [-0.2, -0.15) is 0 Å². The van der Waals surface area contributed by atoms with Crippen LogP contribution in [0.15, 0.2) is 12.7 Å². The fraction of sp³-hybridized carbons (Fsp3) is 0.800. The van der Waals surface area contributed by atoms with Crippen molar-refractivity contribution in [1.29, 1.82) is 0 Å². The van der Waals surface area contributed by atoms with Crippen LogP contribution in [0.1, 0.15) is 72.1 Å². The van der Waals surface area contributed by atoms with Crippen molar-refractivity contribution in [1.82, 2.24) is 0 Å². The molecule has 0 aromatic heterocycles. The van der Waals surface area contributed by atoms with Crippen LogP contribution < -0.4 is 0 Å². The first-order valence-corrected chi connectivity index (χ1v) is 6.93. The van der Waals surface area contributed by atoms with Gasteiger partial charge in [0.1, 0.15) is 5.60 Å². The number of carbonyl (C=O) groups is 1. The highest BCUT2D eigenvalue weighted by molar-refractivity contribution is 5.81. The summed E-state index contributed by atoms with van der Waals surface area (Å²) in [6.45, 7) is 9.83. The molecule has 0 fully saturated rings. The van der Waals surface area contributed by atoms with Crippen molar-refractivity contribution in [3.63, 3.8) is 0 Å². The summed E-state index contributed by atoms with van der Waals surface area (Å²) in [5, 5.41) is 0. The molecule has 0 rings (SSSR count). The molecule has 1 unspecified atom stereocenters. The third-order valence-electron chi connectivity index (χ3n) is 3.10. The van der Waals surface area contributed by atoms with E-state index in [0.717, 1.165) is 25.7 Å². The molecular formula is C15H28O2. The Balaban J connectivity index is 4.02. The van der Waals surface area contributed by atoms with Crippen LogP contribution >= 0.6 is 0 Å². The lowest BCUT2D eigenvalue weighted by atomic mass is 9.93. The largest absolute Gasteiger partial charge is 0.456 e. The Morgan fingerprint density at radius 1 is 1.12 bits per heavy atom. The lowest BCUT2D eigenvalue weighted by Crippen LogP contribution is -2.31. The van der Waals surface area contributed by atoms with Gasteiger partial charge in [-0.3, -0.25) is 0 Å².